The SMILES string of the molecule is O=COC/C=C/F. The van der Waals surface area contributed by atoms with E-state index in [4.69, 9.17) is 0 Å². The summed E-state index contributed by atoms with van der Waals surface area (Å²) < 4.78 is 15.0. The van der Waals surface area contributed by atoms with Crippen molar-refractivity contribution in [3.05, 3.63) is 12.4 Å². The summed E-state index contributed by atoms with van der Waals surface area (Å²) in [6.45, 7) is 0.278. The average molecular weight is 104 g/mol. The topological polar surface area (TPSA) is 26.3 Å². The molecule has 0 aliphatic carbocycles. The van der Waals surface area contributed by atoms with Gasteiger partial charge in [-0.3, -0.25) is 4.79 Å². The lowest BCUT2D eigenvalue weighted by Crippen LogP contribution is -1.83. The van der Waals surface area contributed by atoms with Crippen LogP contribution < -0.4 is 0 Å². The van der Waals surface area contributed by atoms with Gasteiger partial charge in [-0.05, 0) is 6.08 Å². The minimum absolute atomic E-state index is 0.0139. The molecular weight excluding hydrogens is 99.0 g/mol. The maximum Gasteiger partial charge on any atom is 0.293 e. The Kier molecular flexibility index (Phi) is 4.51. The number of rotatable bonds is 3. The molecular formula is C4H5FO2. The zero-order valence-corrected chi connectivity index (χ0v) is 3.63. The van der Waals surface area contributed by atoms with Crippen LogP contribution in [-0.4, -0.2) is 13.1 Å². The second kappa shape index (κ2) is 5.14. The number of ether oxygens (including phenoxy) is 1. The van der Waals surface area contributed by atoms with Crippen molar-refractivity contribution in [2.24, 2.45) is 0 Å². The first-order valence-electron chi connectivity index (χ1n) is 1.72. The monoisotopic (exact) mass is 104 g/mol. The molecule has 0 aromatic heterocycles. The molecule has 0 atom stereocenters. The Labute approximate surface area is 40.6 Å². The van der Waals surface area contributed by atoms with Crippen LogP contribution in [0.4, 0.5) is 4.39 Å². The van der Waals surface area contributed by atoms with Crippen LogP contribution in [0, 0.1) is 0 Å². The zero-order valence-electron chi connectivity index (χ0n) is 3.63. The van der Waals surface area contributed by atoms with Gasteiger partial charge in [0.25, 0.3) is 6.47 Å². The smallest absolute Gasteiger partial charge is 0.293 e. The summed E-state index contributed by atoms with van der Waals surface area (Å²) in [6.07, 6.45) is 1.41. The fourth-order valence-electron chi connectivity index (χ4n) is 0.131. The Morgan fingerprint density at radius 2 is 2.43 bits per heavy atom. The summed E-state index contributed by atoms with van der Waals surface area (Å²) in [5, 5.41) is 0. The predicted octanol–water partition coefficient (Wildman–Crippen LogP) is 0.643. The van der Waals surface area contributed by atoms with Crippen LogP contribution in [0.2, 0.25) is 0 Å². The second-order valence-corrected chi connectivity index (χ2v) is 0.791. The van der Waals surface area contributed by atoms with Gasteiger partial charge >= 0.3 is 0 Å². The molecule has 0 saturated carbocycles. The van der Waals surface area contributed by atoms with Gasteiger partial charge in [0.2, 0.25) is 0 Å². The van der Waals surface area contributed by atoms with Gasteiger partial charge in [0.05, 0.1) is 6.33 Å². The molecule has 3 heteroatoms. The average Bonchev–Trinajstić information content (AvgIpc) is 1.69. The van der Waals surface area contributed by atoms with E-state index >= 15 is 0 Å². The van der Waals surface area contributed by atoms with Crippen molar-refractivity contribution in [2.75, 3.05) is 6.61 Å². The minimum Gasteiger partial charge on any atom is -0.464 e. The first-order valence-corrected chi connectivity index (χ1v) is 1.72. The molecule has 0 aliphatic heterocycles. The van der Waals surface area contributed by atoms with Crippen molar-refractivity contribution in [1.29, 1.82) is 0 Å². The van der Waals surface area contributed by atoms with Gasteiger partial charge in [0, 0.05) is 0 Å². The molecule has 0 amide bonds. The molecule has 0 aliphatic rings. The lowest BCUT2D eigenvalue weighted by atomic mass is 10.7. The summed E-state index contributed by atoms with van der Waals surface area (Å²) in [5.41, 5.74) is 0. The first-order chi connectivity index (χ1) is 3.41. The third-order valence-corrected chi connectivity index (χ3v) is 0.350. The Bertz CT molecular complexity index is 70.1. The highest BCUT2D eigenvalue weighted by Crippen LogP contribution is 1.72. The quantitative estimate of drug-likeness (QED) is 0.388. The van der Waals surface area contributed by atoms with Crippen molar-refractivity contribution in [1.82, 2.24) is 0 Å². The lowest BCUT2D eigenvalue weighted by Gasteiger charge is -1.83. The van der Waals surface area contributed by atoms with E-state index in [1.165, 1.54) is 0 Å². The fourth-order valence-corrected chi connectivity index (χ4v) is 0.131. The molecule has 0 saturated heterocycles. The third kappa shape index (κ3) is 5.14. The predicted molar refractivity (Wildman–Crippen MR) is 22.3 cm³/mol. The van der Waals surface area contributed by atoms with Crippen LogP contribution in [0.25, 0.3) is 0 Å². The Morgan fingerprint density at radius 3 is 2.86 bits per heavy atom. The Morgan fingerprint density at radius 1 is 1.71 bits per heavy atom. The van der Waals surface area contributed by atoms with E-state index in [9.17, 15) is 9.18 Å². The maximum absolute atomic E-state index is 10.9. The molecule has 7 heavy (non-hydrogen) atoms. The van der Waals surface area contributed by atoms with Gasteiger partial charge < -0.3 is 4.74 Å². The molecule has 0 bridgehead atoms. The van der Waals surface area contributed by atoms with Gasteiger partial charge in [-0.25, -0.2) is 4.39 Å². The molecule has 0 spiro atoms. The standard InChI is InChI=1S/C4H5FO2/c5-2-1-3-7-4-6/h1-2,4H,3H2/b2-1+. The van der Waals surface area contributed by atoms with E-state index in [1.54, 1.807) is 0 Å². The minimum atomic E-state index is 0.0139. The molecule has 0 radical (unpaired) electrons. The highest BCUT2D eigenvalue weighted by atomic mass is 19.1. The van der Waals surface area contributed by atoms with Crippen molar-refractivity contribution in [3.8, 4) is 0 Å². The van der Waals surface area contributed by atoms with Gasteiger partial charge in [-0.1, -0.05) is 0 Å². The molecule has 0 aromatic rings. The van der Waals surface area contributed by atoms with Gasteiger partial charge in [-0.2, -0.15) is 0 Å². The number of hydrogen-bond acceptors (Lipinski definition) is 2. The van der Waals surface area contributed by atoms with Crippen molar-refractivity contribution in [3.63, 3.8) is 0 Å². The van der Waals surface area contributed by atoms with Crippen LogP contribution >= 0.6 is 0 Å². The molecule has 0 heterocycles. The van der Waals surface area contributed by atoms with Crippen LogP contribution in [0.5, 0.6) is 0 Å². The highest BCUT2D eigenvalue weighted by Gasteiger charge is 1.70. The Hall–Kier alpha value is -0.860. The van der Waals surface area contributed by atoms with E-state index in [0.717, 1.165) is 6.08 Å². The lowest BCUT2D eigenvalue weighted by molar-refractivity contribution is -0.127. The van der Waals surface area contributed by atoms with Crippen LogP contribution in [0.3, 0.4) is 0 Å². The Balaban J connectivity index is 2.82. The maximum atomic E-state index is 10.9. The third-order valence-electron chi connectivity index (χ3n) is 0.350. The molecule has 0 fully saturated rings. The van der Waals surface area contributed by atoms with Crippen LogP contribution in [-0.2, 0) is 9.53 Å². The van der Waals surface area contributed by atoms with E-state index in [-0.39, 0.29) is 13.1 Å². The summed E-state index contributed by atoms with van der Waals surface area (Å²) >= 11 is 0. The van der Waals surface area contributed by atoms with E-state index in [1.807, 2.05) is 0 Å². The van der Waals surface area contributed by atoms with Crippen molar-refractivity contribution < 1.29 is 13.9 Å². The molecule has 0 unspecified atom stereocenters. The molecule has 2 nitrogen and oxygen atoms in total. The highest BCUT2D eigenvalue weighted by molar-refractivity contribution is 5.37. The largest absolute Gasteiger partial charge is 0.464 e. The summed E-state index contributed by atoms with van der Waals surface area (Å²) in [7, 11) is 0. The fraction of sp³-hybridized carbons (Fsp3) is 0.250. The van der Waals surface area contributed by atoms with Gasteiger partial charge in [0.15, 0.2) is 0 Å². The van der Waals surface area contributed by atoms with E-state index in [2.05, 4.69) is 4.74 Å². The zero-order chi connectivity index (χ0) is 5.54. The van der Waals surface area contributed by atoms with Gasteiger partial charge in [-0.15, -0.1) is 0 Å². The van der Waals surface area contributed by atoms with Crippen molar-refractivity contribution >= 4 is 6.47 Å². The number of hydrogen-bond donors (Lipinski definition) is 0. The molecule has 0 aromatic carbocycles. The summed E-state index contributed by atoms with van der Waals surface area (Å²) in [6, 6.07) is 0. The summed E-state index contributed by atoms with van der Waals surface area (Å²) in [5.74, 6) is 0. The number of carbonyl (C=O) groups excluding carboxylic acids is 1. The number of halogens is 1. The number of carbonyl (C=O) groups is 1. The van der Waals surface area contributed by atoms with E-state index in [0.29, 0.717) is 6.33 Å². The molecule has 0 N–H and O–H groups in total. The van der Waals surface area contributed by atoms with Crippen LogP contribution in [0.15, 0.2) is 12.4 Å². The van der Waals surface area contributed by atoms with E-state index < -0.39 is 0 Å². The molecule has 40 valence electrons. The van der Waals surface area contributed by atoms with Crippen LogP contribution in [0.1, 0.15) is 0 Å². The normalized spacial score (nSPS) is 9.29. The second-order valence-electron chi connectivity index (χ2n) is 0.791. The molecule has 0 rings (SSSR count). The van der Waals surface area contributed by atoms with Crippen molar-refractivity contribution in [2.45, 2.75) is 0 Å². The van der Waals surface area contributed by atoms with Gasteiger partial charge in [0.1, 0.15) is 6.61 Å². The summed E-state index contributed by atoms with van der Waals surface area (Å²) in [4.78, 5) is 9.30. The first kappa shape index (κ1) is 6.14.